The predicted octanol–water partition coefficient (Wildman–Crippen LogP) is 1.77. The van der Waals surface area contributed by atoms with Crippen molar-refractivity contribution in [2.24, 2.45) is 0 Å². The van der Waals surface area contributed by atoms with Crippen molar-refractivity contribution < 1.29 is 13.2 Å². The SMILES string of the molecule is COc1cc(Cl)ccc1S(=O)(=O)NC1CCCCNC1. The largest absolute Gasteiger partial charge is 0.495 e. The Labute approximate surface area is 124 Å². The number of nitrogens with one attached hydrogen (secondary N) is 2. The fourth-order valence-corrected chi connectivity index (χ4v) is 3.85. The van der Waals surface area contributed by atoms with Crippen LogP contribution in [0, 0.1) is 0 Å². The molecule has 0 radical (unpaired) electrons. The summed E-state index contributed by atoms with van der Waals surface area (Å²) in [6.45, 7) is 1.58. The molecule has 112 valence electrons. The first-order valence-corrected chi connectivity index (χ1v) is 8.45. The van der Waals surface area contributed by atoms with Crippen molar-refractivity contribution in [3.05, 3.63) is 23.2 Å². The second-order valence-corrected chi connectivity index (χ2v) is 6.93. The van der Waals surface area contributed by atoms with Crippen LogP contribution in [-0.2, 0) is 10.0 Å². The molecule has 2 N–H and O–H groups in total. The predicted molar refractivity (Wildman–Crippen MR) is 78.8 cm³/mol. The zero-order valence-electron chi connectivity index (χ0n) is 11.4. The van der Waals surface area contributed by atoms with Crippen LogP contribution >= 0.6 is 11.6 Å². The molecule has 1 heterocycles. The van der Waals surface area contributed by atoms with Gasteiger partial charge in [0.1, 0.15) is 10.6 Å². The number of ether oxygens (including phenoxy) is 1. The third kappa shape index (κ3) is 3.85. The molecule has 0 saturated carbocycles. The Balaban J connectivity index is 2.21. The summed E-state index contributed by atoms with van der Waals surface area (Å²) in [5, 5.41) is 3.67. The third-order valence-electron chi connectivity index (χ3n) is 3.28. The van der Waals surface area contributed by atoms with Gasteiger partial charge in [-0.3, -0.25) is 0 Å². The molecule has 1 unspecified atom stereocenters. The monoisotopic (exact) mass is 318 g/mol. The van der Waals surface area contributed by atoms with Gasteiger partial charge in [-0.05, 0) is 31.5 Å². The molecule has 2 rings (SSSR count). The molecule has 1 aromatic rings. The summed E-state index contributed by atoms with van der Waals surface area (Å²) < 4.78 is 32.7. The molecule has 0 amide bonds. The van der Waals surface area contributed by atoms with Crippen LogP contribution in [0.3, 0.4) is 0 Å². The Morgan fingerprint density at radius 2 is 2.20 bits per heavy atom. The van der Waals surface area contributed by atoms with Crippen molar-refractivity contribution in [3.63, 3.8) is 0 Å². The lowest BCUT2D eigenvalue weighted by molar-refractivity contribution is 0.401. The van der Waals surface area contributed by atoms with Gasteiger partial charge >= 0.3 is 0 Å². The van der Waals surface area contributed by atoms with E-state index < -0.39 is 10.0 Å². The maximum absolute atomic E-state index is 12.4. The number of sulfonamides is 1. The summed E-state index contributed by atoms with van der Waals surface area (Å²) in [7, 11) is -2.18. The summed E-state index contributed by atoms with van der Waals surface area (Å²) in [5.74, 6) is 0.256. The highest BCUT2D eigenvalue weighted by Gasteiger charge is 2.24. The standard InChI is InChI=1S/C13H19ClN2O3S/c1-19-12-8-10(14)5-6-13(12)20(17,18)16-11-4-2-3-7-15-9-11/h5-6,8,11,15-16H,2-4,7,9H2,1H3. The molecule has 1 aromatic carbocycles. The Kier molecular flexibility index (Phi) is 5.26. The minimum Gasteiger partial charge on any atom is -0.495 e. The fraction of sp³-hybridized carbons (Fsp3) is 0.538. The van der Waals surface area contributed by atoms with Gasteiger partial charge in [-0.15, -0.1) is 0 Å². The van der Waals surface area contributed by atoms with Crippen LogP contribution in [0.1, 0.15) is 19.3 Å². The van der Waals surface area contributed by atoms with Crippen LogP contribution in [0.2, 0.25) is 5.02 Å². The molecular formula is C13H19ClN2O3S. The summed E-state index contributed by atoms with van der Waals surface area (Å²) >= 11 is 5.85. The summed E-state index contributed by atoms with van der Waals surface area (Å²) in [6, 6.07) is 4.42. The van der Waals surface area contributed by atoms with E-state index in [0.29, 0.717) is 11.6 Å². The minimum absolute atomic E-state index is 0.0946. The van der Waals surface area contributed by atoms with E-state index in [-0.39, 0.29) is 16.7 Å². The third-order valence-corrected chi connectivity index (χ3v) is 5.08. The molecule has 1 saturated heterocycles. The second kappa shape index (κ2) is 6.76. The van der Waals surface area contributed by atoms with Crippen LogP contribution < -0.4 is 14.8 Å². The number of methoxy groups -OCH3 is 1. The summed E-state index contributed by atoms with van der Waals surface area (Å²) in [4.78, 5) is 0.119. The highest BCUT2D eigenvalue weighted by Crippen LogP contribution is 2.27. The van der Waals surface area contributed by atoms with E-state index in [1.54, 1.807) is 6.07 Å². The van der Waals surface area contributed by atoms with Crippen LogP contribution in [0.25, 0.3) is 0 Å². The Bertz CT molecular complexity index is 555. The normalized spacial score (nSPS) is 20.4. The summed E-state index contributed by atoms with van der Waals surface area (Å²) in [5.41, 5.74) is 0. The lowest BCUT2D eigenvalue weighted by Crippen LogP contribution is -2.40. The highest BCUT2D eigenvalue weighted by molar-refractivity contribution is 7.89. The maximum atomic E-state index is 12.4. The zero-order valence-corrected chi connectivity index (χ0v) is 12.9. The number of rotatable bonds is 4. The molecule has 0 spiro atoms. The molecule has 0 bridgehead atoms. The molecule has 5 nitrogen and oxygen atoms in total. The molecule has 0 aliphatic carbocycles. The molecule has 1 fully saturated rings. The average Bonchev–Trinajstić information content (AvgIpc) is 2.66. The molecule has 1 aliphatic rings. The van der Waals surface area contributed by atoms with Crippen molar-refractivity contribution in [1.29, 1.82) is 0 Å². The van der Waals surface area contributed by atoms with Crippen molar-refractivity contribution in [2.75, 3.05) is 20.2 Å². The number of hydrogen-bond donors (Lipinski definition) is 2. The molecular weight excluding hydrogens is 300 g/mol. The van der Waals surface area contributed by atoms with Crippen LogP contribution in [-0.4, -0.2) is 34.7 Å². The van der Waals surface area contributed by atoms with E-state index in [2.05, 4.69) is 10.0 Å². The van der Waals surface area contributed by atoms with Crippen LogP contribution in [0.5, 0.6) is 5.75 Å². The molecule has 0 aromatic heterocycles. The van der Waals surface area contributed by atoms with Crippen LogP contribution in [0.15, 0.2) is 23.1 Å². The number of benzene rings is 1. The van der Waals surface area contributed by atoms with Gasteiger partial charge in [-0.2, -0.15) is 0 Å². The van der Waals surface area contributed by atoms with E-state index in [1.165, 1.54) is 19.2 Å². The molecule has 20 heavy (non-hydrogen) atoms. The van der Waals surface area contributed by atoms with Crippen LogP contribution in [0.4, 0.5) is 0 Å². The maximum Gasteiger partial charge on any atom is 0.244 e. The van der Waals surface area contributed by atoms with Crippen molar-refractivity contribution in [3.8, 4) is 5.75 Å². The fourth-order valence-electron chi connectivity index (χ4n) is 2.27. The van der Waals surface area contributed by atoms with E-state index in [9.17, 15) is 8.42 Å². The van der Waals surface area contributed by atoms with Gasteiger partial charge < -0.3 is 10.1 Å². The quantitative estimate of drug-likeness (QED) is 0.888. The Morgan fingerprint density at radius 1 is 1.40 bits per heavy atom. The van der Waals surface area contributed by atoms with Gasteiger partial charge in [0, 0.05) is 23.7 Å². The van der Waals surface area contributed by atoms with Gasteiger partial charge in [0.05, 0.1) is 7.11 Å². The second-order valence-electron chi connectivity index (χ2n) is 4.81. The molecule has 1 aliphatic heterocycles. The first kappa shape index (κ1) is 15.6. The topological polar surface area (TPSA) is 67.4 Å². The van der Waals surface area contributed by atoms with E-state index >= 15 is 0 Å². The van der Waals surface area contributed by atoms with Gasteiger partial charge in [-0.25, -0.2) is 13.1 Å². The minimum atomic E-state index is -3.61. The number of halogens is 1. The number of hydrogen-bond acceptors (Lipinski definition) is 4. The zero-order chi connectivity index (χ0) is 14.6. The molecule has 7 heteroatoms. The van der Waals surface area contributed by atoms with Gasteiger partial charge in [0.2, 0.25) is 10.0 Å². The highest BCUT2D eigenvalue weighted by atomic mass is 35.5. The first-order chi connectivity index (χ1) is 9.53. The average molecular weight is 319 g/mol. The smallest absolute Gasteiger partial charge is 0.244 e. The Morgan fingerprint density at radius 3 is 2.95 bits per heavy atom. The summed E-state index contributed by atoms with van der Waals surface area (Å²) in [6.07, 6.45) is 2.92. The first-order valence-electron chi connectivity index (χ1n) is 6.59. The van der Waals surface area contributed by atoms with Crippen molar-refractivity contribution in [1.82, 2.24) is 10.0 Å². The van der Waals surface area contributed by atoms with Gasteiger partial charge in [-0.1, -0.05) is 18.0 Å². The van der Waals surface area contributed by atoms with Gasteiger partial charge in [0.15, 0.2) is 0 Å². The lowest BCUT2D eigenvalue weighted by atomic mass is 10.2. The van der Waals surface area contributed by atoms with E-state index in [1.807, 2.05) is 0 Å². The van der Waals surface area contributed by atoms with Crippen molar-refractivity contribution >= 4 is 21.6 Å². The molecule has 1 atom stereocenters. The van der Waals surface area contributed by atoms with Crippen molar-refractivity contribution in [2.45, 2.75) is 30.2 Å². The van der Waals surface area contributed by atoms with E-state index in [0.717, 1.165) is 25.8 Å². The van der Waals surface area contributed by atoms with E-state index in [4.69, 9.17) is 16.3 Å². The lowest BCUT2D eigenvalue weighted by Gasteiger charge is -2.17. The Hall–Kier alpha value is -0.820. The van der Waals surface area contributed by atoms with Gasteiger partial charge in [0.25, 0.3) is 0 Å².